The van der Waals surface area contributed by atoms with E-state index in [0.29, 0.717) is 13.0 Å². The molecule has 0 saturated carbocycles. The van der Waals surface area contributed by atoms with Crippen molar-refractivity contribution >= 4 is 5.97 Å². The summed E-state index contributed by atoms with van der Waals surface area (Å²) in [7, 11) is 0. The average molecular weight is 262 g/mol. The van der Waals surface area contributed by atoms with Gasteiger partial charge in [0.05, 0.1) is 12.7 Å². The van der Waals surface area contributed by atoms with E-state index in [0.717, 1.165) is 25.7 Å². The van der Waals surface area contributed by atoms with E-state index >= 15 is 0 Å². The zero-order valence-electron chi connectivity index (χ0n) is 11.5. The summed E-state index contributed by atoms with van der Waals surface area (Å²) in [5.41, 5.74) is 1.19. The molecule has 1 aliphatic rings. The third-order valence-corrected chi connectivity index (χ3v) is 3.41. The lowest BCUT2D eigenvalue weighted by molar-refractivity contribution is -0.149. The summed E-state index contributed by atoms with van der Waals surface area (Å²) >= 11 is 0. The molecular formula is C16H22O3. The van der Waals surface area contributed by atoms with Gasteiger partial charge < -0.3 is 9.47 Å². The zero-order chi connectivity index (χ0) is 13.5. The van der Waals surface area contributed by atoms with Crippen molar-refractivity contribution in [2.75, 3.05) is 0 Å². The largest absolute Gasteiger partial charge is 0.463 e. The van der Waals surface area contributed by atoms with E-state index in [9.17, 15) is 4.79 Å². The van der Waals surface area contributed by atoms with Crippen molar-refractivity contribution in [3.63, 3.8) is 0 Å². The first-order valence-electron chi connectivity index (χ1n) is 7.09. The van der Waals surface area contributed by atoms with Gasteiger partial charge >= 0.3 is 5.97 Å². The first-order chi connectivity index (χ1) is 9.24. The van der Waals surface area contributed by atoms with Crippen molar-refractivity contribution in [1.82, 2.24) is 0 Å². The lowest BCUT2D eigenvalue weighted by atomic mass is 10.1. The number of cyclic esters (lactones) is 1. The quantitative estimate of drug-likeness (QED) is 0.782. The van der Waals surface area contributed by atoms with E-state index in [4.69, 9.17) is 9.47 Å². The molecule has 0 aliphatic carbocycles. The Morgan fingerprint density at radius 1 is 1.26 bits per heavy atom. The molecular weight excluding hydrogens is 240 g/mol. The van der Waals surface area contributed by atoms with Crippen LogP contribution in [0.5, 0.6) is 0 Å². The van der Waals surface area contributed by atoms with E-state index in [1.54, 1.807) is 0 Å². The van der Waals surface area contributed by atoms with Gasteiger partial charge in [-0.25, -0.2) is 0 Å². The van der Waals surface area contributed by atoms with Crippen LogP contribution in [0.1, 0.15) is 44.6 Å². The topological polar surface area (TPSA) is 35.5 Å². The molecule has 2 unspecified atom stereocenters. The van der Waals surface area contributed by atoms with E-state index in [1.807, 2.05) is 25.1 Å². The van der Waals surface area contributed by atoms with Crippen LogP contribution in [0.4, 0.5) is 0 Å². The summed E-state index contributed by atoms with van der Waals surface area (Å²) in [6.45, 7) is 2.58. The Bertz CT molecular complexity index is 388. The minimum Gasteiger partial charge on any atom is -0.463 e. The molecule has 0 radical (unpaired) electrons. The predicted octanol–water partition coefficient (Wildman–Crippen LogP) is 3.47. The first kappa shape index (κ1) is 14.1. The van der Waals surface area contributed by atoms with Crippen LogP contribution >= 0.6 is 0 Å². The Labute approximate surface area is 114 Å². The lowest BCUT2D eigenvalue weighted by Crippen LogP contribution is -2.22. The Hall–Kier alpha value is -1.35. The molecule has 0 N–H and O–H groups in total. The van der Waals surface area contributed by atoms with Crippen molar-refractivity contribution in [2.24, 2.45) is 0 Å². The van der Waals surface area contributed by atoms with E-state index in [2.05, 4.69) is 12.1 Å². The fourth-order valence-electron chi connectivity index (χ4n) is 2.40. The van der Waals surface area contributed by atoms with Gasteiger partial charge in [0.25, 0.3) is 0 Å². The summed E-state index contributed by atoms with van der Waals surface area (Å²) in [5, 5.41) is 0. The second-order valence-electron chi connectivity index (χ2n) is 5.20. The molecule has 3 nitrogen and oxygen atoms in total. The van der Waals surface area contributed by atoms with Crippen molar-refractivity contribution < 1.29 is 14.3 Å². The molecule has 2 atom stereocenters. The molecule has 0 bridgehead atoms. The minimum atomic E-state index is -0.0730. The predicted molar refractivity (Wildman–Crippen MR) is 73.7 cm³/mol. The van der Waals surface area contributed by atoms with Crippen LogP contribution in [0.15, 0.2) is 30.3 Å². The van der Waals surface area contributed by atoms with Crippen LogP contribution in [0.3, 0.4) is 0 Å². The fraction of sp³-hybridized carbons (Fsp3) is 0.562. The Morgan fingerprint density at radius 2 is 2.05 bits per heavy atom. The van der Waals surface area contributed by atoms with Gasteiger partial charge in [0.15, 0.2) is 0 Å². The molecule has 1 heterocycles. The molecule has 19 heavy (non-hydrogen) atoms. The zero-order valence-corrected chi connectivity index (χ0v) is 11.5. The molecule has 1 aromatic rings. The SMILES string of the molecule is CC1CC(OCc2ccccc2)CCCCC(=O)O1. The smallest absolute Gasteiger partial charge is 0.306 e. The number of ether oxygens (including phenoxy) is 2. The molecule has 3 heteroatoms. The highest BCUT2D eigenvalue weighted by Crippen LogP contribution is 2.19. The number of hydrogen-bond donors (Lipinski definition) is 0. The molecule has 2 rings (SSSR count). The monoisotopic (exact) mass is 262 g/mol. The van der Waals surface area contributed by atoms with E-state index in [-0.39, 0.29) is 18.2 Å². The van der Waals surface area contributed by atoms with Crippen LogP contribution in [-0.2, 0) is 20.9 Å². The molecule has 1 aliphatic heterocycles. The van der Waals surface area contributed by atoms with Gasteiger partial charge in [0.2, 0.25) is 0 Å². The van der Waals surface area contributed by atoms with Gasteiger partial charge in [-0.1, -0.05) is 36.8 Å². The van der Waals surface area contributed by atoms with Crippen molar-refractivity contribution in [2.45, 2.75) is 57.8 Å². The third kappa shape index (κ3) is 5.03. The first-order valence-corrected chi connectivity index (χ1v) is 7.09. The Balaban J connectivity index is 1.85. The summed E-state index contributed by atoms with van der Waals surface area (Å²) < 4.78 is 11.3. The van der Waals surface area contributed by atoms with Gasteiger partial charge in [-0.2, -0.15) is 0 Å². The van der Waals surface area contributed by atoms with E-state index in [1.165, 1.54) is 5.56 Å². The van der Waals surface area contributed by atoms with Crippen LogP contribution in [0, 0.1) is 0 Å². The average Bonchev–Trinajstić information content (AvgIpc) is 2.48. The number of benzene rings is 1. The molecule has 0 spiro atoms. The molecule has 1 fully saturated rings. The fourth-order valence-corrected chi connectivity index (χ4v) is 2.40. The number of carbonyl (C=O) groups excluding carboxylic acids is 1. The van der Waals surface area contributed by atoms with Gasteiger partial charge in [0.1, 0.15) is 6.10 Å². The summed E-state index contributed by atoms with van der Waals surface area (Å²) in [4.78, 5) is 11.4. The Kier molecular flexibility index (Phi) is 5.40. The minimum absolute atomic E-state index is 0.0497. The normalized spacial score (nSPS) is 25.0. The van der Waals surface area contributed by atoms with Gasteiger partial charge in [-0.15, -0.1) is 0 Å². The molecule has 1 aromatic carbocycles. The molecule has 104 valence electrons. The maximum atomic E-state index is 11.4. The highest BCUT2D eigenvalue weighted by Gasteiger charge is 2.19. The van der Waals surface area contributed by atoms with Crippen LogP contribution in [-0.4, -0.2) is 18.2 Å². The highest BCUT2D eigenvalue weighted by atomic mass is 16.5. The number of carbonyl (C=O) groups is 1. The summed E-state index contributed by atoms with van der Waals surface area (Å²) in [6, 6.07) is 10.2. The number of rotatable bonds is 3. The van der Waals surface area contributed by atoms with Crippen molar-refractivity contribution in [1.29, 1.82) is 0 Å². The van der Waals surface area contributed by atoms with Crippen LogP contribution < -0.4 is 0 Å². The summed E-state index contributed by atoms with van der Waals surface area (Å²) in [6.07, 6.45) is 4.40. The maximum Gasteiger partial charge on any atom is 0.306 e. The highest BCUT2D eigenvalue weighted by molar-refractivity contribution is 5.69. The van der Waals surface area contributed by atoms with E-state index < -0.39 is 0 Å². The second kappa shape index (κ2) is 7.29. The van der Waals surface area contributed by atoms with Crippen molar-refractivity contribution in [3.8, 4) is 0 Å². The number of esters is 1. The molecule has 1 saturated heterocycles. The van der Waals surface area contributed by atoms with Crippen molar-refractivity contribution in [3.05, 3.63) is 35.9 Å². The van der Waals surface area contributed by atoms with Crippen LogP contribution in [0.2, 0.25) is 0 Å². The van der Waals surface area contributed by atoms with Gasteiger partial charge in [-0.05, 0) is 25.3 Å². The lowest BCUT2D eigenvalue weighted by Gasteiger charge is -2.20. The van der Waals surface area contributed by atoms with Gasteiger partial charge in [-0.3, -0.25) is 4.79 Å². The number of hydrogen-bond acceptors (Lipinski definition) is 3. The standard InChI is InChI=1S/C16H22O3/c1-13-11-15(9-5-6-10-16(17)19-13)18-12-14-7-3-2-4-8-14/h2-4,7-8,13,15H,5-6,9-12H2,1H3. The molecule has 0 aromatic heterocycles. The molecule has 0 amide bonds. The maximum absolute atomic E-state index is 11.4. The van der Waals surface area contributed by atoms with Gasteiger partial charge in [0, 0.05) is 12.8 Å². The second-order valence-corrected chi connectivity index (χ2v) is 5.20. The summed E-state index contributed by atoms with van der Waals surface area (Å²) in [5.74, 6) is -0.0730. The Morgan fingerprint density at radius 3 is 2.84 bits per heavy atom. The third-order valence-electron chi connectivity index (χ3n) is 3.41. The van der Waals surface area contributed by atoms with Crippen LogP contribution in [0.25, 0.3) is 0 Å².